The van der Waals surface area contributed by atoms with Crippen LogP contribution in [-0.2, 0) is 25.3 Å². The van der Waals surface area contributed by atoms with Gasteiger partial charge >= 0.3 is 53.0 Å². The molecule has 0 nitrogen and oxygen atoms in total. The third-order valence-corrected chi connectivity index (χ3v) is 10.9. The van der Waals surface area contributed by atoms with E-state index in [1.54, 1.807) is 0 Å². The Bertz CT molecular complexity index is 1000. The van der Waals surface area contributed by atoms with E-state index in [9.17, 15) is 0 Å². The number of halogens is 2. The molecule has 0 aliphatic heterocycles. The molecule has 1 aliphatic rings. The Morgan fingerprint density at radius 1 is 0.893 bits per heavy atom. The quantitative estimate of drug-likeness (QED) is 0.197. The van der Waals surface area contributed by atoms with Crippen molar-refractivity contribution in [2.75, 3.05) is 0 Å². The Kier molecular flexibility index (Phi) is 7.92. The Balaban J connectivity index is 0.000000132. The van der Waals surface area contributed by atoms with Gasteiger partial charge in [0.05, 0.1) is 0 Å². The van der Waals surface area contributed by atoms with Crippen molar-refractivity contribution in [2.24, 2.45) is 0 Å². The van der Waals surface area contributed by atoms with E-state index in [4.69, 9.17) is 17.0 Å². The van der Waals surface area contributed by atoms with Crippen LogP contribution in [0.15, 0.2) is 84.9 Å². The summed E-state index contributed by atoms with van der Waals surface area (Å²) in [4.78, 5) is 0. The fourth-order valence-electron chi connectivity index (χ4n) is 3.07. The molecule has 3 heteroatoms. The summed E-state index contributed by atoms with van der Waals surface area (Å²) in [5.74, 6) is 0. The normalized spacial score (nSPS) is 10.7. The minimum Gasteiger partial charge on any atom is -0.179 e. The van der Waals surface area contributed by atoms with Crippen LogP contribution >= 0.6 is 17.0 Å². The maximum atomic E-state index is 5.54. The van der Waals surface area contributed by atoms with Crippen molar-refractivity contribution in [3.05, 3.63) is 102 Å². The van der Waals surface area contributed by atoms with Crippen LogP contribution in [0.1, 0.15) is 25.0 Å². The van der Waals surface area contributed by atoms with Crippen LogP contribution in [0.5, 0.6) is 0 Å². The van der Waals surface area contributed by atoms with Gasteiger partial charge in [-0.2, -0.15) is 47.3 Å². The van der Waals surface area contributed by atoms with Crippen LogP contribution in [0.4, 0.5) is 0 Å². The second-order valence-electron chi connectivity index (χ2n) is 6.81. The molecule has 28 heavy (non-hydrogen) atoms. The van der Waals surface area contributed by atoms with Crippen LogP contribution in [0.25, 0.3) is 21.9 Å². The zero-order valence-electron chi connectivity index (χ0n) is 16.0. The van der Waals surface area contributed by atoms with Crippen LogP contribution < -0.4 is 0 Å². The van der Waals surface area contributed by atoms with Crippen molar-refractivity contribution in [2.45, 2.75) is 20.3 Å². The molecule has 5 rings (SSSR count). The van der Waals surface area contributed by atoms with Crippen LogP contribution in [0.2, 0.25) is 0 Å². The molecule has 0 amide bonds. The van der Waals surface area contributed by atoms with E-state index >= 15 is 0 Å². The summed E-state index contributed by atoms with van der Waals surface area (Å²) >= 11 is -1.84. The second kappa shape index (κ2) is 10.4. The van der Waals surface area contributed by atoms with E-state index in [1.165, 1.54) is 36.2 Å². The summed E-state index contributed by atoms with van der Waals surface area (Å²) in [5.41, 5.74) is 5.51. The predicted octanol–water partition coefficient (Wildman–Crippen LogP) is 7.74. The molecule has 0 radical (unpaired) electrons. The SMILES string of the molecule is C[C](C)=[Zr]([Cl])[Cl].[c-]1cccc2c1Cc1ccccc1-2.c1ccc2[cH-]ccc2c1. The fraction of sp³-hybridized carbons (Fsp3) is 0.120. The first-order valence-corrected chi connectivity index (χ1v) is 16.8. The Morgan fingerprint density at radius 3 is 2.32 bits per heavy atom. The van der Waals surface area contributed by atoms with Gasteiger partial charge in [0.2, 0.25) is 0 Å². The van der Waals surface area contributed by atoms with Crippen molar-refractivity contribution < 1.29 is 18.9 Å². The molecule has 0 N–H and O–H groups in total. The molecule has 142 valence electrons. The van der Waals surface area contributed by atoms with Gasteiger partial charge in [-0.15, -0.1) is 35.2 Å². The molecular weight excluding hydrogens is 462 g/mol. The van der Waals surface area contributed by atoms with Gasteiger partial charge in [-0.05, 0) is 6.42 Å². The monoisotopic (exact) mass is 482 g/mol. The summed E-state index contributed by atoms with van der Waals surface area (Å²) in [5, 5.41) is 2.66. The molecule has 0 spiro atoms. The molecule has 4 aromatic carbocycles. The largest absolute Gasteiger partial charge is 0.179 e. The van der Waals surface area contributed by atoms with Gasteiger partial charge in [-0.1, -0.05) is 41.5 Å². The van der Waals surface area contributed by atoms with E-state index in [2.05, 4.69) is 84.9 Å². The van der Waals surface area contributed by atoms with Crippen molar-refractivity contribution in [1.29, 1.82) is 0 Å². The zero-order valence-corrected chi connectivity index (χ0v) is 20.0. The number of fused-ring (bicyclic) bond motifs is 4. The zero-order chi connectivity index (χ0) is 19.9. The van der Waals surface area contributed by atoms with Crippen molar-refractivity contribution in [3.8, 4) is 11.1 Å². The topological polar surface area (TPSA) is 0 Å². The first-order valence-electron chi connectivity index (χ1n) is 9.23. The summed E-state index contributed by atoms with van der Waals surface area (Å²) in [6.45, 7) is 3.96. The smallest absolute Gasteiger partial charge is 0.0253 e. The molecular formula is C25H22Cl2Zr-2. The molecule has 4 aromatic rings. The second-order valence-corrected chi connectivity index (χ2v) is 16.2. The molecule has 0 bridgehead atoms. The van der Waals surface area contributed by atoms with E-state index < -0.39 is 18.9 Å². The third-order valence-electron chi connectivity index (χ3n) is 4.54. The average molecular weight is 485 g/mol. The van der Waals surface area contributed by atoms with Gasteiger partial charge in [0.25, 0.3) is 0 Å². The first kappa shape index (κ1) is 21.3. The number of benzene rings is 3. The van der Waals surface area contributed by atoms with E-state index in [0.717, 1.165) is 6.42 Å². The van der Waals surface area contributed by atoms with Crippen LogP contribution in [0.3, 0.4) is 0 Å². The van der Waals surface area contributed by atoms with Crippen LogP contribution in [-0.4, -0.2) is 3.21 Å². The van der Waals surface area contributed by atoms with E-state index in [1.807, 2.05) is 19.9 Å². The number of hydrogen-bond donors (Lipinski definition) is 0. The first-order chi connectivity index (χ1) is 13.6. The van der Waals surface area contributed by atoms with Gasteiger partial charge in [0.15, 0.2) is 0 Å². The molecule has 0 unspecified atom stereocenters. The molecule has 1 aliphatic carbocycles. The van der Waals surface area contributed by atoms with E-state index in [-0.39, 0.29) is 0 Å². The van der Waals surface area contributed by atoms with Crippen molar-refractivity contribution >= 4 is 31.0 Å². The number of hydrogen-bond acceptors (Lipinski definition) is 0. The Hall–Kier alpha value is -1.40. The van der Waals surface area contributed by atoms with Gasteiger partial charge in [0.1, 0.15) is 0 Å². The Labute approximate surface area is 182 Å². The minimum absolute atomic E-state index is 1.05. The molecule has 0 fully saturated rings. The standard InChI is InChI=1S/C13H9.C9H7.C3H6.2ClH.Zr/c1-3-7-12-10(5-1)9-11-6-2-4-8-13(11)12;1-2-5-9-7-3-6-8(9)4-1;1-3-2;;;/h1-5,7-8H,9H2;1-7H;1-2H3;2*1H;/q2*-1;;;;+2/p-2. The Morgan fingerprint density at radius 2 is 1.57 bits per heavy atom. The van der Waals surface area contributed by atoms with Gasteiger partial charge in [-0.25, -0.2) is 0 Å². The maximum Gasteiger partial charge on any atom is -0.0253 e. The third kappa shape index (κ3) is 5.57. The minimum atomic E-state index is -1.84. The van der Waals surface area contributed by atoms with Gasteiger partial charge in [0, 0.05) is 0 Å². The fourth-order valence-corrected chi connectivity index (χ4v) is 3.07. The summed E-state index contributed by atoms with van der Waals surface area (Å²) in [6, 6.07) is 32.8. The molecule has 0 atom stereocenters. The molecule has 0 saturated carbocycles. The average Bonchev–Trinajstić information content (AvgIpc) is 3.33. The van der Waals surface area contributed by atoms with Gasteiger partial charge in [-0.3, -0.25) is 0 Å². The number of rotatable bonds is 0. The maximum absolute atomic E-state index is 5.54. The summed E-state index contributed by atoms with van der Waals surface area (Å²) < 4.78 is 1.24. The molecule has 0 heterocycles. The van der Waals surface area contributed by atoms with Crippen LogP contribution in [0, 0.1) is 6.07 Å². The van der Waals surface area contributed by atoms with Gasteiger partial charge < -0.3 is 0 Å². The van der Waals surface area contributed by atoms with E-state index in [0.29, 0.717) is 0 Å². The summed E-state index contributed by atoms with van der Waals surface area (Å²) in [6.07, 6.45) is 1.05. The van der Waals surface area contributed by atoms with Crippen molar-refractivity contribution in [3.63, 3.8) is 0 Å². The predicted molar refractivity (Wildman–Crippen MR) is 121 cm³/mol. The molecule has 0 aromatic heterocycles. The summed E-state index contributed by atoms with van der Waals surface area (Å²) in [7, 11) is 11.1. The van der Waals surface area contributed by atoms with Crippen molar-refractivity contribution in [1.82, 2.24) is 0 Å². The molecule has 0 saturated heterocycles.